The number of thioether (sulfide) groups is 1. The molecule has 1 aromatic carbocycles. The highest BCUT2D eigenvalue weighted by atomic mass is 35.5. The summed E-state index contributed by atoms with van der Waals surface area (Å²) in [6.07, 6.45) is 1.43. The second kappa shape index (κ2) is 8.29. The van der Waals surface area contributed by atoms with E-state index in [1.807, 2.05) is 35.6 Å². The minimum Gasteiger partial charge on any atom is -0.497 e. The number of benzene rings is 1. The van der Waals surface area contributed by atoms with E-state index in [-0.39, 0.29) is 16.7 Å². The molecule has 1 atom stereocenters. The standard InChI is InChI=1S/C20H17Cl2N5O2S/c1-10-6-17-25-26-20(27(17)16-8-13(29-3)4-5-14(10)16)30-11(2)19(28)24-18-15(22)7-12(21)9-23-18/h4-9,11H,1-3H3,(H,23,24,28). The van der Waals surface area contributed by atoms with Crippen LogP contribution in [0.2, 0.25) is 10.0 Å². The van der Waals surface area contributed by atoms with E-state index in [2.05, 4.69) is 20.5 Å². The quantitative estimate of drug-likeness (QED) is 0.420. The van der Waals surface area contributed by atoms with E-state index < -0.39 is 5.25 Å². The third-order valence-corrected chi connectivity index (χ3v) is 6.11. The lowest BCUT2D eigenvalue weighted by atomic mass is 10.1. The monoisotopic (exact) mass is 461 g/mol. The average molecular weight is 462 g/mol. The van der Waals surface area contributed by atoms with E-state index in [1.54, 1.807) is 14.0 Å². The molecule has 4 aromatic rings. The van der Waals surface area contributed by atoms with Gasteiger partial charge in [-0.3, -0.25) is 9.20 Å². The Labute approximate surface area is 186 Å². The van der Waals surface area contributed by atoms with Crippen molar-refractivity contribution in [1.82, 2.24) is 19.6 Å². The van der Waals surface area contributed by atoms with Gasteiger partial charge >= 0.3 is 0 Å². The van der Waals surface area contributed by atoms with E-state index in [0.717, 1.165) is 22.2 Å². The molecule has 0 aliphatic heterocycles. The number of anilines is 1. The van der Waals surface area contributed by atoms with Crippen molar-refractivity contribution in [3.05, 3.63) is 52.1 Å². The molecule has 0 aliphatic carbocycles. The van der Waals surface area contributed by atoms with Crippen LogP contribution in [0.1, 0.15) is 12.5 Å². The maximum absolute atomic E-state index is 12.7. The van der Waals surface area contributed by atoms with Crippen LogP contribution in [-0.4, -0.2) is 37.8 Å². The van der Waals surface area contributed by atoms with Gasteiger partial charge in [-0.25, -0.2) is 4.98 Å². The number of methoxy groups -OCH3 is 1. The van der Waals surface area contributed by atoms with E-state index >= 15 is 0 Å². The number of nitrogens with zero attached hydrogens (tertiary/aromatic N) is 4. The SMILES string of the molecule is COc1ccc2c(C)cc3nnc(SC(C)C(=O)Nc4ncc(Cl)cc4Cl)n3c2c1. The van der Waals surface area contributed by atoms with Gasteiger partial charge in [-0.05, 0) is 43.7 Å². The van der Waals surface area contributed by atoms with Crippen LogP contribution in [0.3, 0.4) is 0 Å². The highest BCUT2D eigenvalue weighted by Gasteiger charge is 2.21. The number of hydrogen-bond acceptors (Lipinski definition) is 6. The Kier molecular flexibility index (Phi) is 5.73. The van der Waals surface area contributed by atoms with Crippen LogP contribution in [0.25, 0.3) is 16.6 Å². The minimum absolute atomic E-state index is 0.260. The third kappa shape index (κ3) is 3.90. The van der Waals surface area contributed by atoms with Crippen LogP contribution in [0.5, 0.6) is 5.75 Å². The van der Waals surface area contributed by atoms with Gasteiger partial charge in [0.2, 0.25) is 5.91 Å². The molecule has 154 valence electrons. The lowest BCUT2D eigenvalue weighted by molar-refractivity contribution is -0.115. The molecule has 3 aromatic heterocycles. The second-order valence-electron chi connectivity index (χ2n) is 6.62. The number of amides is 1. The smallest absolute Gasteiger partial charge is 0.238 e. The molecule has 0 saturated heterocycles. The number of fused-ring (bicyclic) bond motifs is 3. The van der Waals surface area contributed by atoms with Crippen LogP contribution < -0.4 is 10.1 Å². The molecule has 1 N–H and O–H groups in total. The zero-order valence-electron chi connectivity index (χ0n) is 16.3. The summed E-state index contributed by atoms with van der Waals surface area (Å²) in [5, 5.41) is 13.1. The number of rotatable bonds is 5. The number of pyridine rings is 2. The van der Waals surface area contributed by atoms with Gasteiger partial charge < -0.3 is 10.1 Å². The van der Waals surface area contributed by atoms with Crippen molar-refractivity contribution >= 4 is 63.2 Å². The van der Waals surface area contributed by atoms with Crippen molar-refractivity contribution in [3.63, 3.8) is 0 Å². The molecule has 0 aliphatic rings. The molecular weight excluding hydrogens is 445 g/mol. The zero-order valence-corrected chi connectivity index (χ0v) is 18.6. The molecule has 0 bridgehead atoms. The van der Waals surface area contributed by atoms with Crippen LogP contribution >= 0.6 is 35.0 Å². The number of aromatic nitrogens is 4. The van der Waals surface area contributed by atoms with Crippen molar-refractivity contribution in [2.45, 2.75) is 24.3 Å². The van der Waals surface area contributed by atoms with Crippen LogP contribution in [0, 0.1) is 6.92 Å². The molecule has 30 heavy (non-hydrogen) atoms. The van der Waals surface area contributed by atoms with Crippen molar-refractivity contribution in [3.8, 4) is 5.75 Å². The topological polar surface area (TPSA) is 81.4 Å². The van der Waals surface area contributed by atoms with E-state index in [1.165, 1.54) is 24.0 Å². The number of hydrogen-bond donors (Lipinski definition) is 1. The molecule has 0 radical (unpaired) electrons. The molecule has 0 saturated carbocycles. The number of ether oxygens (including phenoxy) is 1. The van der Waals surface area contributed by atoms with Crippen LogP contribution in [0.4, 0.5) is 5.82 Å². The normalized spacial score (nSPS) is 12.3. The molecular formula is C20H17Cl2N5O2S. The van der Waals surface area contributed by atoms with Gasteiger partial charge in [0.15, 0.2) is 16.6 Å². The molecule has 0 fully saturated rings. The first kappa shape index (κ1) is 20.7. The third-order valence-electron chi connectivity index (χ3n) is 4.58. The van der Waals surface area contributed by atoms with Gasteiger partial charge in [-0.2, -0.15) is 0 Å². The molecule has 0 spiro atoms. The minimum atomic E-state index is -0.479. The fraction of sp³-hybridized carbons (Fsp3) is 0.200. The summed E-state index contributed by atoms with van der Waals surface area (Å²) in [7, 11) is 1.62. The summed E-state index contributed by atoms with van der Waals surface area (Å²) < 4.78 is 7.30. The van der Waals surface area contributed by atoms with Crippen LogP contribution in [-0.2, 0) is 4.79 Å². The summed E-state index contributed by atoms with van der Waals surface area (Å²) in [5.74, 6) is 0.728. The van der Waals surface area contributed by atoms with Crippen molar-refractivity contribution in [2.75, 3.05) is 12.4 Å². The number of halogens is 2. The number of carbonyl (C=O) groups excluding carboxylic acids is 1. The summed E-state index contributed by atoms with van der Waals surface area (Å²) >= 11 is 13.2. The molecule has 4 rings (SSSR count). The van der Waals surface area contributed by atoms with Gasteiger partial charge in [0.25, 0.3) is 0 Å². The fourth-order valence-corrected chi connectivity index (χ4v) is 4.34. The Morgan fingerprint density at radius 1 is 1.23 bits per heavy atom. The zero-order chi connectivity index (χ0) is 21.4. The summed E-state index contributed by atoms with van der Waals surface area (Å²) in [5.41, 5.74) is 2.69. The fourth-order valence-electron chi connectivity index (χ4n) is 3.04. The Balaban J connectivity index is 1.66. The lowest BCUT2D eigenvalue weighted by Crippen LogP contribution is -2.23. The van der Waals surface area contributed by atoms with E-state index in [0.29, 0.717) is 15.8 Å². The largest absolute Gasteiger partial charge is 0.497 e. The molecule has 7 nitrogen and oxygen atoms in total. The second-order valence-corrected chi connectivity index (χ2v) is 8.77. The Morgan fingerprint density at radius 2 is 2.03 bits per heavy atom. The Morgan fingerprint density at radius 3 is 2.77 bits per heavy atom. The van der Waals surface area contributed by atoms with E-state index in [9.17, 15) is 4.79 Å². The lowest BCUT2D eigenvalue weighted by Gasteiger charge is -2.13. The van der Waals surface area contributed by atoms with Gasteiger partial charge in [0.1, 0.15) is 5.75 Å². The molecule has 1 amide bonds. The predicted molar refractivity (Wildman–Crippen MR) is 120 cm³/mol. The van der Waals surface area contributed by atoms with Crippen LogP contribution in [0.15, 0.2) is 41.7 Å². The van der Waals surface area contributed by atoms with Gasteiger partial charge in [0, 0.05) is 17.6 Å². The first-order valence-electron chi connectivity index (χ1n) is 8.98. The maximum atomic E-state index is 12.7. The van der Waals surface area contributed by atoms with Crippen molar-refractivity contribution < 1.29 is 9.53 Å². The first-order chi connectivity index (χ1) is 14.4. The summed E-state index contributed by atoms with van der Waals surface area (Å²) in [6, 6.07) is 9.34. The van der Waals surface area contributed by atoms with Crippen molar-refractivity contribution in [2.24, 2.45) is 0 Å². The predicted octanol–water partition coefficient (Wildman–Crippen LogP) is 5.02. The van der Waals surface area contributed by atoms with Crippen molar-refractivity contribution in [1.29, 1.82) is 0 Å². The Bertz CT molecular complexity index is 1280. The van der Waals surface area contributed by atoms with Gasteiger partial charge in [0.05, 0.1) is 27.9 Å². The average Bonchev–Trinajstić information content (AvgIpc) is 3.12. The van der Waals surface area contributed by atoms with E-state index in [4.69, 9.17) is 27.9 Å². The Hall–Kier alpha value is -2.55. The summed E-state index contributed by atoms with van der Waals surface area (Å²) in [6.45, 7) is 3.80. The first-order valence-corrected chi connectivity index (χ1v) is 10.6. The van der Waals surface area contributed by atoms with Gasteiger partial charge in [-0.15, -0.1) is 10.2 Å². The molecule has 10 heteroatoms. The maximum Gasteiger partial charge on any atom is 0.238 e. The highest BCUT2D eigenvalue weighted by Crippen LogP contribution is 2.31. The number of carbonyl (C=O) groups is 1. The number of aryl methyl sites for hydroxylation is 1. The summed E-state index contributed by atoms with van der Waals surface area (Å²) in [4.78, 5) is 16.8. The van der Waals surface area contributed by atoms with Gasteiger partial charge in [-0.1, -0.05) is 35.0 Å². The number of nitrogens with one attached hydrogen (secondary N) is 1. The molecule has 3 heterocycles. The molecule has 1 unspecified atom stereocenters. The highest BCUT2D eigenvalue weighted by molar-refractivity contribution is 8.00.